The number of nitrogens with zero attached hydrogens (tertiary/aromatic N) is 3. The minimum absolute atomic E-state index is 0.133. The average molecular weight is 257 g/mol. The molecule has 1 aliphatic carbocycles. The van der Waals surface area contributed by atoms with E-state index in [1.807, 2.05) is 24.7 Å². The number of rotatable bonds is 2. The molecule has 19 heavy (non-hydrogen) atoms. The fourth-order valence-electron chi connectivity index (χ4n) is 2.85. The average Bonchev–Trinajstić information content (AvgIpc) is 2.94. The van der Waals surface area contributed by atoms with Crippen LogP contribution in [-0.2, 0) is 19.9 Å². The number of non-ortho nitro benzene ring substituents is 1. The lowest BCUT2D eigenvalue weighted by Gasteiger charge is -2.04. The van der Waals surface area contributed by atoms with Crippen molar-refractivity contribution < 1.29 is 4.92 Å². The first-order valence-electron chi connectivity index (χ1n) is 6.38. The first-order valence-corrected chi connectivity index (χ1v) is 6.38. The summed E-state index contributed by atoms with van der Waals surface area (Å²) < 4.78 is 1.94. The van der Waals surface area contributed by atoms with E-state index in [9.17, 15) is 10.1 Å². The molecule has 5 heteroatoms. The fourth-order valence-corrected chi connectivity index (χ4v) is 2.85. The van der Waals surface area contributed by atoms with Crippen LogP contribution in [0.1, 0.15) is 23.2 Å². The number of hydrogen-bond donors (Lipinski definition) is 0. The largest absolute Gasteiger partial charge is 0.272 e. The van der Waals surface area contributed by atoms with Crippen molar-refractivity contribution in [2.45, 2.75) is 26.2 Å². The van der Waals surface area contributed by atoms with Crippen molar-refractivity contribution in [2.75, 3.05) is 0 Å². The van der Waals surface area contributed by atoms with Gasteiger partial charge in [-0.1, -0.05) is 0 Å². The highest BCUT2D eigenvalue weighted by Crippen LogP contribution is 2.34. The molecule has 0 atom stereocenters. The van der Waals surface area contributed by atoms with Crippen molar-refractivity contribution in [3.8, 4) is 11.3 Å². The van der Waals surface area contributed by atoms with Crippen LogP contribution < -0.4 is 0 Å². The summed E-state index contributed by atoms with van der Waals surface area (Å²) in [5.41, 5.74) is 5.63. The molecule has 1 heterocycles. The second-order valence-electron chi connectivity index (χ2n) is 5.01. The molecule has 1 aromatic carbocycles. The monoisotopic (exact) mass is 257 g/mol. The molecule has 0 aliphatic heterocycles. The van der Waals surface area contributed by atoms with E-state index in [1.165, 1.54) is 17.7 Å². The molecule has 0 spiro atoms. The number of nitro benzene ring substituents is 1. The van der Waals surface area contributed by atoms with Crippen molar-refractivity contribution in [2.24, 2.45) is 7.05 Å². The maximum absolute atomic E-state index is 10.8. The third-order valence-electron chi connectivity index (χ3n) is 3.79. The van der Waals surface area contributed by atoms with E-state index in [4.69, 9.17) is 0 Å². The Balaban J connectivity index is 2.13. The van der Waals surface area contributed by atoms with Gasteiger partial charge in [-0.2, -0.15) is 5.10 Å². The first kappa shape index (κ1) is 11.9. The Morgan fingerprint density at radius 2 is 2.16 bits per heavy atom. The molecule has 0 amide bonds. The van der Waals surface area contributed by atoms with E-state index in [-0.39, 0.29) is 10.6 Å². The summed E-state index contributed by atoms with van der Waals surface area (Å²) in [5, 5.41) is 15.4. The lowest BCUT2D eigenvalue weighted by Crippen LogP contribution is -1.96. The van der Waals surface area contributed by atoms with Crippen molar-refractivity contribution in [1.29, 1.82) is 0 Å². The van der Waals surface area contributed by atoms with Crippen LogP contribution in [0.5, 0.6) is 0 Å². The second kappa shape index (κ2) is 4.19. The highest BCUT2D eigenvalue weighted by atomic mass is 16.6. The number of aryl methyl sites for hydroxylation is 2. The van der Waals surface area contributed by atoms with Crippen molar-refractivity contribution in [1.82, 2.24) is 9.78 Å². The highest BCUT2D eigenvalue weighted by molar-refractivity contribution is 5.69. The van der Waals surface area contributed by atoms with E-state index < -0.39 is 0 Å². The van der Waals surface area contributed by atoms with E-state index in [0.717, 1.165) is 29.7 Å². The Morgan fingerprint density at radius 3 is 2.84 bits per heavy atom. The molecule has 1 aromatic heterocycles. The summed E-state index contributed by atoms with van der Waals surface area (Å²) in [7, 11) is 1.97. The molecule has 0 radical (unpaired) electrons. The Bertz CT molecular complexity index is 674. The van der Waals surface area contributed by atoms with E-state index in [1.54, 1.807) is 12.1 Å². The smallest absolute Gasteiger partial charge is 0.269 e. The molecule has 98 valence electrons. The van der Waals surface area contributed by atoms with Crippen LogP contribution >= 0.6 is 0 Å². The van der Waals surface area contributed by atoms with Crippen LogP contribution in [0.4, 0.5) is 5.69 Å². The minimum atomic E-state index is -0.361. The normalized spacial score (nSPS) is 13.6. The van der Waals surface area contributed by atoms with Crippen LogP contribution in [0.2, 0.25) is 0 Å². The molecule has 1 aliphatic rings. The number of benzene rings is 1. The van der Waals surface area contributed by atoms with Gasteiger partial charge >= 0.3 is 0 Å². The van der Waals surface area contributed by atoms with E-state index in [2.05, 4.69) is 5.10 Å². The molecule has 2 aromatic rings. The number of nitro groups is 1. The predicted molar refractivity (Wildman–Crippen MR) is 72.1 cm³/mol. The van der Waals surface area contributed by atoms with Gasteiger partial charge in [-0.15, -0.1) is 0 Å². The van der Waals surface area contributed by atoms with Gasteiger partial charge in [-0.05, 0) is 37.8 Å². The molecule has 0 N–H and O–H groups in total. The minimum Gasteiger partial charge on any atom is -0.272 e. The molecule has 0 bridgehead atoms. The topological polar surface area (TPSA) is 61.0 Å². The third-order valence-corrected chi connectivity index (χ3v) is 3.79. The molecular formula is C14H15N3O2. The molecule has 0 saturated carbocycles. The Labute approximate surface area is 111 Å². The van der Waals surface area contributed by atoms with E-state index in [0.29, 0.717) is 0 Å². The Hall–Kier alpha value is -2.17. The van der Waals surface area contributed by atoms with Gasteiger partial charge in [-0.25, -0.2) is 0 Å². The van der Waals surface area contributed by atoms with Gasteiger partial charge in [0.2, 0.25) is 0 Å². The van der Waals surface area contributed by atoms with Crippen LogP contribution in [0.15, 0.2) is 18.2 Å². The van der Waals surface area contributed by atoms with Crippen LogP contribution in [0.3, 0.4) is 0 Å². The van der Waals surface area contributed by atoms with Gasteiger partial charge in [0.05, 0.1) is 10.6 Å². The Morgan fingerprint density at radius 1 is 1.37 bits per heavy atom. The van der Waals surface area contributed by atoms with Crippen molar-refractivity contribution in [3.63, 3.8) is 0 Å². The zero-order valence-electron chi connectivity index (χ0n) is 11.0. The van der Waals surface area contributed by atoms with E-state index >= 15 is 0 Å². The van der Waals surface area contributed by atoms with Gasteiger partial charge in [-0.3, -0.25) is 14.8 Å². The highest BCUT2D eigenvalue weighted by Gasteiger charge is 2.23. The van der Waals surface area contributed by atoms with Gasteiger partial charge in [0.15, 0.2) is 0 Å². The van der Waals surface area contributed by atoms with Crippen LogP contribution in [-0.4, -0.2) is 14.7 Å². The number of fused-ring (bicyclic) bond motifs is 1. The zero-order chi connectivity index (χ0) is 13.6. The second-order valence-corrected chi connectivity index (χ2v) is 5.01. The van der Waals surface area contributed by atoms with Crippen molar-refractivity contribution in [3.05, 3.63) is 45.1 Å². The summed E-state index contributed by atoms with van der Waals surface area (Å²) in [6.45, 7) is 1.90. The Kier molecular flexibility index (Phi) is 2.62. The van der Waals surface area contributed by atoms with Gasteiger partial charge in [0.25, 0.3) is 5.69 Å². The SMILES string of the molecule is Cc1cc([N+](=O)[O-])ccc1-c1nn(C)c2c1CCC2. The summed E-state index contributed by atoms with van der Waals surface area (Å²) in [5.74, 6) is 0. The summed E-state index contributed by atoms with van der Waals surface area (Å²) >= 11 is 0. The number of aromatic nitrogens is 2. The van der Waals surface area contributed by atoms with Gasteiger partial charge < -0.3 is 0 Å². The van der Waals surface area contributed by atoms with Crippen LogP contribution in [0, 0.1) is 17.0 Å². The summed E-state index contributed by atoms with van der Waals surface area (Å²) in [6.07, 6.45) is 3.29. The lowest BCUT2D eigenvalue weighted by atomic mass is 10.0. The maximum atomic E-state index is 10.8. The van der Waals surface area contributed by atoms with Crippen molar-refractivity contribution >= 4 is 5.69 Å². The fraction of sp³-hybridized carbons (Fsp3) is 0.357. The third kappa shape index (κ3) is 1.82. The molecule has 3 rings (SSSR count). The lowest BCUT2D eigenvalue weighted by molar-refractivity contribution is -0.384. The molecule has 0 unspecified atom stereocenters. The maximum Gasteiger partial charge on any atom is 0.269 e. The number of hydrogen-bond acceptors (Lipinski definition) is 3. The van der Waals surface area contributed by atoms with Gasteiger partial charge in [0.1, 0.15) is 0 Å². The molecular weight excluding hydrogens is 242 g/mol. The zero-order valence-corrected chi connectivity index (χ0v) is 11.0. The predicted octanol–water partition coefficient (Wildman–Crippen LogP) is 2.79. The van der Waals surface area contributed by atoms with Crippen LogP contribution in [0.25, 0.3) is 11.3 Å². The standard InChI is InChI=1S/C14H15N3O2/c1-9-8-10(17(18)19)6-7-11(9)14-12-4-3-5-13(12)16(2)15-14/h6-8H,3-5H2,1-2H3. The molecule has 0 fully saturated rings. The molecule has 5 nitrogen and oxygen atoms in total. The summed E-state index contributed by atoms with van der Waals surface area (Å²) in [6, 6.07) is 4.98. The quantitative estimate of drug-likeness (QED) is 0.614. The molecule has 0 saturated heterocycles. The first-order chi connectivity index (χ1) is 9.08. The van der Waals surface area contributed by atoms with Gasteiger partial charge in [0, 0.05) is 36.0 Å². The summed E-state index contributed by atoms with van der Waals surface area (Å²) in [4.78, 5) is 10.4.